The lowest BCUT2D eigenvalue weighted by Crippen LogP contribution is -2.43. The fourth-order valence-electron chi connectivity index (χ4n) is 2.56. The average Bonchev–Trinajstić information content (AvgIpc) is 3.15. The second-order valence-corrected chi connectivity index (χ2v) is 6.20. The zero-order valence-corrected chi connectivity index (χ0v) is 12.9. The van der Waals surface area contributed by atoms with Gasteiger partial charge in [0.1, 0.15) is 0 Å². The van der Waals surface area contributed by atoms with Crippen LogP contribution < -0.4 is 5.32 Å². The normalized spacial score (nSPS) is 16.0. The van der Waals surface area contributed by atoms with E-state index in [4.69, 9.17) is 5.11 Å². The minimum atomic E-state index is -0.794. The van der Waals surface area contributed by atoms with Crippen molar-refractivity contribution < 1.29 is 14.7 Å². The van der Waals surface area contributed by atoms with Gasteiger partial charge >= 0.3 is 12.0 Å². The number of hydrogen-bond acceptors (Lipinski definition) is 2. The van der Waals surface area contributed by atoms with Crippen molar-refractivity contribution in [1.82, 2.24) is 10.2 Å². The molecule has 0 aliphatic heterocycles. The van der Waals surface area contributed by atoms with Gasteiger partial charge in [0.25, 0.3) is 0 Å². The molecule has 0 unspecified atom stereocenters. The molecule has 1 aliphatic rings. The maximum Gasteiger partial charge on any atom is 0.317 e. The molecule has 116 valence electrons. The van der Waals surface area contributed by atoms with Crippen molar-refractivity contribution in [2.24, 2.45) is 11.8 Å². The van der Waals surface area contributed by atoms with Crippen molar-refractivity contribution in [2.75, 3.05) is 13.1 Å². The molecule has 0 heterocycles. The fraction of sp³-hybridized carbons (Fsp3) is 0.867. The van der Waals surface area contributed by atoms with Gasteiger partial charge < -0.3 is 15.3 Å². The fourth-order valence-corrected chi connectivity index (χ4v) is 2.56. The SMILES string of the molecule is CCCN(C(=O)NC[C@H](CC(=O)O)CC(C)C)C1CC1. The third kappa shape index (κ3) is 6.26. The molecule has 20 heavy (non-hydrogen) atoms. The topological polar surface area (TPSA) is 69.6 Å². The van der Waals surface area contributed by atoms with E-state index in [-0.39, 0.29) is 18.4 Å². The Kier molecular flexibility index (Phi) is 6.82. The van der Waals surface area contributed by atoms with Crippen molar-refractivity contribution in [3.05, 3.63) is 0 Å². The van der Waals surface area contributed by atoms with Crippen molar-refractivity contribution >= 4 is 12.0 Å². The smallest absolute Gasteiger partial charge is 0.317 e. The van der Waals surface area contributed by atoms with E-state index in [0.29, 0.717) is 18.5 Å². The molecule has 0 bridgehead atoms. The van der Waals surface area contributed by atoms with E-state index in [0.717, 1.165) is 32.2 Å². The first kappa shape index (κ1) is 16.8. The van der Waals surface area contributed by atoms with Gasteiger partial charge in [-0.2, -0.15) is 0 Å². The molecule has 1 aliphatic carbocycles. The van der Waals surface area contributed by atoms with E-state index >= 15 is 0 Å². The van der Waals surface area contributed by atoms with E-state index in [1.165, 1.54) is 0 Å². The lowest BCUT2D eigenvalue weighted by atomic mass is 9.94. The molecular formula is C15H28N2O3. The summed E-state index contributed by atoms with van der Waals surface area (Å²) < 4.78 is 0. The monoisotopic (exact) mass is 284 g/mol. The van der Waals surface area contributed by atoms with Gasteiger partial charge in [-0.05, 0) is 37.5 Å². The van der Waals surface area contributed by atoms with Crippen LogP contribution in [0, 0.1) is 11.8 Å². The summed E-state index contributed by atoms with van der Waals surface area (Å²) in [5.41, 5.74) is 0. The molecule has 5 heteroatoms. The molecule has 0 spiro atoms. The van der Waals surface area contributed by atoms with Crippen LogP contribution in [0.15, 0.2) is 0 Å². The summed E-state index contributed by atoms with van der Waals surface area (Å²) in [5, 5.41) is 11.9. The first-order chi connectivity index (χ1) is 9.43. The predicted octanol–water partition coefficient (Wildman–Crippen LogP) is 2.71. The van der Waals surface area contributed by atoms with Crippen LogP contribution in [0.2, 0.25) is 0 Å². The predicted molar refractivity (Wildman–Crippen MR) is 78.6 cm³/mol. The Bertz CT molecular complexity index is 327. The van der Waals surface area contributed by atoms with Crippen molar-refractivity contribution in [3.63, 3.8) is 0 Å². The Labute approximate surface area is 121 Å². The van der Waals surface area contributed by atoms with Crippen LogP contribution in [0.25, 0.3) is 0 Å². The molecule has 0 radical (unpaired) electrons. The van der Waals surface area contributed by atoms with Gasteiger partial charge in [0.2, 0.25) is 0 Å². The van der Waals surface area contributed by atoms with Crippen LogP contribution in [-0.2, 0) is 4.79 Å². The Hall–Kier alpha value is -1.26. The lowest BCUT2D eigenvalue weighted by Gasteiger charge is -2.24. The number of carbonyl (C=O) groups excluding carboxylic acids is 1. The number of carbonyl (C=O) groups is 2. The number of hydrogen-bond donors (Lipinski definition) is 2. The van der Waals surface area contributed by atoms with Crippen molar-refractivity contribution in [1.29, 1.82) is 0 Å². The summed E-state index contributed by atoms with van der Waals surface area (Å²) in [4.78, 5) is 24.9. The number of nitrogens with zero attached hydrogens (tertiary/aromatic N) is 1. The number of urea groups is 1. The number of carboxylic acids is 1. The zero-order valence-electron chi connectivity index (χ0n) is 12.9. The Morgan fingerprint density at radius 1 is 1.35 bits per heavy atom. The van der Waals surface area contributed by atoms with Gasteiger partial charge in [-0.25, -0.2) is 4.79 Å². The van der Waals surface area contributed by atoms with E-state index in [2.05, 4.69) is 26.1 Å². The molecular weight excluding hydrogens is 256 g/mol. The largest absolute Gasteiger partial charge is 0.481 e. The van der Waals surface area contributed by atoms with Crippen molar-refractivity contribution in [3.8, 4) is 0 Å². The van der Waals surface area contributed by atoms with Gasteiger partial charge in [-0.1, -0.05) is 20.8 Å². The summed E-state index contributed by atoms with van der Waals surface area (Å²) in [6.45, 7) is 7.45. The quantitative estimate of drug-likeness (QED) is 0.684. The van der Waals surface area contributed by atoms with Gasteiger partial charge in [-0.15, -0.1) is 0 Å². The summed E-state index contributed by atoms with van der Waals surface area (Å²) in [6, 6.07) is 0.367. The first-order valence-electron chi connectivity index (χ1n) is 7.70. The Morgan fingerprint density at radius 2 is 2.00 bits per heavy atom. The molecule has 1 rings (SSSR count). The van der Waals surface area contributed by atoms with Crippen LogP contribution in [0.3, 0.4) is 0 Å². The maximum atomic E-state index is 12.2. The summed E-state index contributed by atoms with van der Waals surface area (Å²) >= 11 is 0. The molecule has 2 N–H and O–H groups in total. The maximum absolute atomic E-state index is 12.2. The number of carboxylic acid groups (broad SMARTS) is 1. The summed E-state index contributed by atoms with van der Waals surface area (Å²) in [6.07, 6.45) is 4.09. The third-order valence-electron chi connectivity index (χ3n) is 3.52. The standard InChI is InChI=1S/C15H28N2O3/c1-4-7-17(13-5-6-13)15(20)16-10-12(8-11(2)3)9-14(18)19/h11-13H,4-10H2,1-3H3,(H,16,20)(H,18,19)/t12-/m0/s1. The number of aliphatic carboxylic acids is 1. The lowest BCUT2D eigenvalue weighted by molar-refractivity contribution is -0.138. The summed E-state index contributed by atoms with van der Waals surface area (Å²) in [7, 11) is 0. The van der Waals surface area contributed by atoms with E-state index in [1.807, 2.05) is 4.90 Å². The minimum absolute atomic E-state index is 0.0131. The van der Waals surface area contributed by atoms with Crippen LogP contribution >= 0.6 is 0 Å². The summed E-state index contributed by atoms with van der Waals surface area (Å²) in [5.74, 6) is -0.344. The van der Waals surface area contributed by atoms with Crippen LogP contribution in [0.5, 0.6) is 0 Å². The molecule has 1 fully saturated rings. The second kappa shape index (κ2) is 8.12. The zero-order chi connectivity index (χ0) is 15.1. The van der Waals surface area contributed by atoms with Gasteiger partial charge in [-0.3, -0.25) is 4.79 Å². The first-order valence-corrected chi connectivity index (χ1v) is 7.70. The molecule has 0 aromatic carbocycles. The number of rotatable bonds is 9. The average molecular weight is 284 g/mol. The molecule has 5 nitrogen and oxygen atoms in total. The molecule has 1 atom stereocenters. The molecule has 0 aromatic rings. The molecule has 2 amide bonds. The van der Waals surface area contributed by atoms with Crippen LogP contribution in [0.4, 0.5) is 4.79 Å². The van der Waals surface area contributed by atoms with Gasteiger partial charge in [0, 0.05) is 25.6 Å². The highest BCUT2D eigenvalue weighted by Gasteiger charge is 2.32. The second-order valence-electron chi connectivity index (χ2n) is 6.20. The highest BCUT2D eigenvalue weighted by Crippen LogP contribution is 2.27. The minimum Gasteiger partial charge on any atom is -0.481 e. The van der Waals surface area contributed by atoms with E-state index in [1.54, 1.807) is 0 Å². The van der Waals surface area contributed by atoms with E-state index < -0.39 is 5.97 Å². The van der Waals surface area contributed by atoms with Crippen LogP contribution in [0.1, 0.15) is 52.9 Å². The Balaban J connectivity index is 2.43. The van der Waals surface area contributed by atoms with Gasteiger partial charge in [0.15, 0.2) is 0 Å². The highest BCUT2D eigenvalue weighted by atomic mass is 16.4. The highest BCUT2D eigenvalue weighted by molar-refractivity contribution is 5.75. The number of amides is 2. The molecule has 0 saturated heterocycles. The molecule has 1 saturated carbocycles. The molecule has 0 aromatic heterocycles. The van der Waals surface area contributed by atoms with E-state index in [9.17, 15) is 9.59 Å². The number of nitrogens with one attached hydrogen (secondary N) is 1. The van der Waals surface area contributed by atoms with Crippen molar-refractivity contribution in [2.45, 2.75) is 58.9 Å². The van der Waals surface area contributed by atoms with Gasteiger partial charge in [0.05, 0.1) is 0 Å². The third-order valence-corrected chi connectivity index (χ3v) is 3.52. The van der Waals surface area contributed by atoms with Crippen LogP contribution in [-0.4, -0.2) is 41.1 Å². The Morgan fingerprint density at radius 3 is 2.45 bits per heavy atom.